The van der Waals surface area contributed by atoms with E-state index in [4.69, 9.17) is 30.5 Å². The first-order chi connectivity index (χ1) is 23.8. The number of aryl methyl sites for hydroxylation is 1. The van der Waals surface area contributed by atoms with Gasteiger partial charge in [-0.3, -0.25) is 9.69 Å². The SMILES string of the molecule is CCOc1cc2c(cc1C)C=C(C[C@@H](C)COCc1ccc(OC)cc1)C21CCC(C(=O)OC)(N(C(=O)C(F)(F)F)c2cccc(Cl)c2)CC1. The molecule has 1 spiro atoms. The number of carbonyl (C=O) groups is 2. The summed E-state index contributed by atoms with van der Waals surface area (Å²) in [5, 5.41) is 0.131. The Hall–Kier alpha value is -4.02. The number of amides is 1. The summed E-state index contributed by atoms with van der Waals surface area (Å²) in [6, 6.07) is 17.4. The van der Waals surface area contributed by atoms with E-state index in [0.717, 1.165) is 46.4 Å². The molecule has 7 nitrogen and oxygen atoms in total. The van der Waals surface area contributed by atoms with Gasteiger partial charge in [-0.1, -0.05) is 48.4 Å². The summed E-state index contributed by atoms with van der Waals surface area (Å²) < 4.78 is 65.3. The molecule has 0 N–H and O–H groups in total. The number of fused-ring (bicyclic) bond motifs is 2. The predicted molar refractivity (Wildman–Crippen MR) is 187 cm³/mol. The van der Waals surface area contributed by atoms with Crippen LogP contribution in [0.1, 0.15) is 68.2 Å². The third-order valence-electron chi connectivity index (χ3n) is 9.94. The number of carbonyl (C=O) groups excluding carboxylic acids is 2. The Balaban J connectivity index is 1.48. The van der Waals surface area contributed by atoms with Gasteiger partial charge in [0.15, 0.2) is 0 Å². The first-order valence-corrected chi connectivity index (χ1v) is 17.1. The number of nitrogens with zero attached hydrogens (tertiary/aromatic N) is 1. The smallest absolute Gasteiger partial charge is 0.471 e. The fourth-order valence-corrected chi connectivity index (χ4v) is 7.72. The van der Waals surface area contributed by atoms with Crippen molar-refractivity contribution in [2.75, 3.05) is 32.3 Å². The minimum atomic E-state index is -5.26. The number of halogens is 4. The Morgan fingerprint density at radius 3 is 2.30 bits per heavy atom. The van der Waals surface area contributed by atoms with Crippen molar-refractivity contribution in [3.8, 4) is 11.5 Å². The number of benzene rings is 3. The van der Waals surface area contributed by atoms with E-state index in [0.29, 0.717) is 31.1 Å². The van der Waals surface area contributed by atoms with Gasteiger partial charge in [0.25, 0.3) is 0 Å². The highest BCUT2D eigenvalue weighted by Gasteiger charge is 2.59. The Labute approximate surface area is 296 Å². The van der Waals surface area contributed by atoms with Crippen molar-refractivity contribution in [1.29, 1.82) is 0 Å². The third-order valence-corrected chi connectivity index (χ3v) is 10.2. The van der Waals surface area contributed by atoms with Crippen LogP contribution in [-0.2, 0) is 31.1 Å². The van der Waals surface area contributed by atoms with Crippen LogP contribution in [0.2, 0.25) is 5.02 Å². The Bertz CT molecular complexity index is 1730. The number of methoxy groups -OCH3 is 2. The number of hydrogen-bond acceptors (Lipinski definition) is 6. The van der Waals surface area contributed by atoms with E-state index < -0.39 is 29.0 Å². The molecule has 1 atom stereocenters. The first-order valence-electron chi connectivity index (χ1n) is 16.7. The molecule has 268 valence electrons. The second-order valence-corrected chi connectivity index (χ2v) is 13.6. The normalized spacial score (nSPS) is 20.5. The summed E-state index contributed by atoms with van der Waals surface area (Å²) in [4.78, 5) is 27.5. The Morgan fingerprint density at radius 1 is 1.00 bits per heavy atom. The van der Waals surface area contributed by atoms with E-state index >= 15 is 0 Å². The van der Waals surface area contributed by atoms with Gasteiger partial charge >= 0.3 is 18.1 Å². The maximum absolute atomic E-state index is 14.3. The molecule has 50 heavy (non-hydrogen) atoms. The zero-order valence-corrected chi connectivity index (χ0v) is 29.7. The zero-order chi connectivity index (χ0) is 36.3. The molecule has 0 aromatic heterocycles. The quantitative estimate of drug-likeness (QED) is 0.175. The minimum absolute atomic E-state index is 0.0784. The lowest BCUT2D eigenvalue weighted by Gasteiger charge is -2.50. The molecule has 1 fully saturated rings. The summed E-state index contributed by atoms with van der Waals surface area (Å²) in [6.07, 6.45) is -2.01. The third kappa shape index (κ3) is 7.37. The van der Waals surface area contributed by atoms with Crippen LogP contribution < -0.4 is 14.4 Å². The van der Waals surface area contributed by atoms with Gasteiger partial charge in [0.05, 0.1) is 27.4 Å². The molecule has 2 aliphatic carbocycles. The van der Waals surface area contributed by atoms with Crippen molar-refractivity contribution in [1.82, 2.24) is 0 Å². The van der Waals surface area contributed by atoms with Gasteiger partial charge in [-0.2, -0.15) is 13.2 Å². The van der Waals surface area contributed by atoms with Crippen LogP contribution in [0.4, 0.5) is 18.9 Å². The summed E-state index contributed by atoms with van der Waals surface area (Å²) in [5.41, 5.74) is 2.45. The van der Waals surface area contributed by atoms with Crippen LogP contribution in [0.15, 0.2) is 66.2 Å². The van der Waals surface area contributed by atoms with E-state index in [1.165, 1.54) is 24.3 Å². The molecule has 2 aliphatic rings. The number of hydrogen-bond donors (Lipinski definition) is 0. The Kier molecular flexibility index (Phi) is 11.2. The standard InChI is InChI=1S/C39H43ClF3NO6/c1-6-50-34-22-33-28(19-26(34)3)20-29(18-25(2)23-49-24-27-10-12-32(47-4)13-11-27)37(33)14-16-38(17-15-37,36(46)48-5)44(35(45)39(41,42)43)31-9-7-8-30(40)21-31/h7-13,19-22,25H,6,14-18,23-24H2,1-5H3/t25-,37?,38?/m1/s1. The van der Waals surface area contributed by atoms with E-state index in [1.54, 1.807) is 7.11 Å². The molecule has 1 amide bonds. The number of esters is 1. The average molecular weight is 714 g/mol. The summed E-state index contributed by atoms with van der Waals surface area (Å²) >= 11 is 6.19. The van der Waals surface area contributed by atoms with Gasteiger partial charge in [-0.15, -0.1) is 0 Å². The van der Waals surface area contributed by atoms with E-state index in [9.17, 15) is 22.8 Å². The van der Waals surface area contributed by atoms with E-state index in [-0.39, 0.29) is 42.3 Å². The molecule has 11 heteroatoms. The highest BCUT2D eigenvalue weighted by molar-refractivity contribution is 6.31. The maximum Gasteiger partial charge on any atom is 0.471 e. The second kappa shape index (κ2) is 15.1. The monoisotopic (exact) mass is 713 g/mol. The van der Waals surface area contributed by atoms with Crippen molar-refractivity contribution < 1.29 is 41.7 Å². The highest BCUT2D eigenvalue weighted by Crippen LogP contribution is 2.57. The first kappa shape index (κ1) is 37.2. The average Bonchev–Trinajstić information content (AvgIpc) is 3.36. The predicted octanol–water partition coefficient (Wildman–Crippen LogP) is 9.01. The van der Waals surface area contributed by atoms with Crippen molar-refractivity contribution in [3.05, 3.63) is 93.5 Å². The number of rotatable bonds is 12. The molecule has 0 bridgehead atoms. The number of ether oxygens (including phenoxy) is 4. The van der Waals surface area contributed by atoms with Gasteiger partial charge in [-0.05, 0) is 117 Å². The fraction of sp³-hybridized carbons (Fsp3) is 0.436. The van der Waals surface area contributed by atoms with Gasteiger partial charge < -0.3 is 18.9 Å². The molecule has 0 saturated heterocycles. The molecular formula is C39H43ClF3NO6. The lowest BCUT2D eigenvalue weighted by Crippen LogP contribution is -2.63. The van der Waals surface area contributed by atoms with Gasteiger partial charge in [0.1, 0.15) is 17.0 Å². The minimum Gasteiger partial charge on any atom is -0.497 e. The van der Waals surface area contributed by atoms with Crippen molar-refractivity contribution in [2.45, 2.75) is 76.6 Å². The molecule has 0 radical (unpaired) electrons. The topological polar surface area (TPSA) is 74.3 Å². The number of anilines is 1. The van der Waals surface area contributed by atoms with Crippen molar-refractivity contribution >= 4 is 35.2 Å². The van der Waals surface area contributed by atoms with Crippen LogP contribution >= 0.6 is 11.6 Å². The molecule has 1 saturated carbocycles. The molecule has 3 aromatic carbocycles. The molecule has 5 rings (SSSR count). The second-order valence-electron chi connectivity index (χ2n) is 13.2. The van der Waals surface area contributed by atoms with Crippen LogP contribution in [0, 0.1) is 12.8 Å². The molecular weight excluding hydrogens is 671 g/mol. The van der Waals surface area contributed by atoms with Crippen LogP contribution in [0.3, 0.4) is 0 Å². The number of alkyl halides is 3. The van der Waals surface area contributed by atoms with Crippen molar-refractivity contribution in [2.24, 2.45) is 5.92 Å². The van der Waals surface area contributed by atoms with Gasteiger partial charge in [0, 0.05) is 22.7 Å². The lowest BCUT2D eigenvalue weighted by atomic mass is 9.60. The maximum atomic E-state index is 14.3. The highest BCUT2D eigenvalue weighted by atomic mass is 35.5. The Morgan fingerprint density at radius 2 is 1.70 bits per heavy atom. The summed E-state index contributed by atoms with van der Waals surface area (Å²) in [7, 11) is 2.75. The molecule has 3 aromatic rings. The number of allylic oxidation sites excluding steroid dienone is 1. The summed E-state index contributed by atoms with van der Waals surface area (Å²) in [5.74, 6) is -1.47. The molecule has 0 heterocycles. The molecule has 0 unspecified atom stereocenters. The fourth-order valence-electron chi connectivity index (χ4n) is 7.53. The van der Waals surface area contributed by atoms with Gasteiger partial charge in [0.2, 0.25) is 0 Å². The van der Waals surface area contributed by atoms with Crippen LogP contribution in [-0.4, -0.2) is 51.0 Å². The van der Waals surface area contributed by atoms with Crippen LogP contribution in [0.5, 0.6) is 11.5 Å². The largest absolute Gasteiger partial charge is 0.497 e. The van der Waals surface area contributed by atoms with Crippen LogP contribution in [0.25, 0.3) is 6.08 Å². The molecule has 0 aliphatic heterocycles. The van der Waals surface area contributed by atoms with Gasteiger partial charge in [-0.25, -0.2) is 4.79 Å². The van der Waals surface area contributed by atoms with Crippen molar-refractivity contribution in [3.63, 3.8) is 0 Å². The van der Waals surface area contributed by atoms with E-state index in [2.05, 4.69) is 19.1 Å². The zero-order valence-electron chi connectivity index (χ0n) is 29.0. The van der Waals surface area contributed by atoms with E-state index in [1.807, 2.05) is 44.2 Å². The summed E-state index contributed by atoms with van der Waals surface area (Å²) in [6.45, 7) is 7.38. The lowest BCUT2D eigenvalue weighted by molar-refractivity contribution is -0.174.